The smallest absolute Gasteiger partial charge is 0.337 e. The molecule has 1 spiro atoms. The minimum atomic E-state index is -0.389. The van der Waals surface area contributed by atoms with Crippen LogP contribution in [0.2, 0.25) is 0 Å². The highest BCUT2D eigenvalue weighted by Crippen LogP contribution is 2.49. The van der Waals surface area contributed by atoms with Gasteiger partial charge in [0.1, 0.15) is 0 Å². The van der Waals surface area contributed by atoms with Gasteiger partial charge in [0.2, 0.25) is 0 Å². The molecule has 1 N–H and O–H groups in total. The van der Waals surface area contributed by atoms with Crippen LogP contribution in [-0.4, -0.2) is 64.9 Å². The molecule has 2 heterocycles. The number of carbonyl (C=O) groups excluding carboxylic acids is 3. The molecule has 1 aromatic heterocycles. The van der Waals surface area contributed by atoms with Crippen LogP contribution in [0.1, 0.15) is 67.4 Å². The number of amides is 2. The van der Waals surface area contributed by atoms with Gasteiger partial charge < -0.3 is 19.5 Å². The summed E-state index contributed by atoms with van der Waals surface area (Å²) in [5.41, 5.74) is 4.18. The average molecular weight is 516 g/mol. The minimum absolute atomic E-state index is 0.00194. The molecule has 2 amide bonds. The number of esters is 1. The molecule has 38 heavy (non-hydrogen) atoms. The first-order valence-corrected chi connectivity index (χ1v) is 12.9. The first-order chi connectivity index (χ1) is 18.3. The predicted octanol–water partition coefficient (Wildman–Crippen LogP) is 3.20. The van der Waals surface area contributed by atoms with Gasteiger partial charge in [-0.05, 0) is 54.7 Å². The number of nitrogens with one attached hydrogen (secondary N) is 1. The molecule has 1 aliphatic heterocycles. The molecule has 1 fully saturated rings. The third kappa shape index (κ3) is 4.69. The molecule has 9 nitrogen and oxygen atoms in total. The quantitative estimate of drug-likeness (QED) is 0.486. The normalized spacial score (nSPS) is 15.9. The molecular weight excluding hydrogens is 482 g/mol. The first kappa shape index (κ1) is 25.7. The molecular formula is C29H33N5O4. The number of hydrogen-bond acceptors (Lipinski definition) is 6. The lowest BCUT2D eigenvalue weighted by Crippen LogP contribution is -2.56. The Kier molecular flexibility index (Phi) is 7.03. The summed E-state index contributed by atoms with van der Waals surface area (Å²) in [4.78, 5) is 45.6. The Labute approximate surface area is 222 Å². The monoisotopic (exact) mass is 515 g/mol. The molecule has 0 bridgehead atoms. The van der Waals surface area contributed by atoms with Crippen molar-refractivity contribution in [2.75, 3.05) is 27.7 Å². The number of imidazole rings is 1. The minimum Gasteiger partial charge on any atom is -0.465 e. The second-order valence-corrected chi connectivity index (χ2v) is 10.2. The number of hydrogen-bond donors (Lipinski definition) is 1. The Morgan fingerprint density at radius 1 is 0.974 bits per heavy atom. The zero-order chi connectivity index (χ0) is 26.9. The summed E-state index contributed by atoms with van der Waals surface area (Å²) in [7, 11) is 4.86. The van der Waals surface area contributed by atoms with Crippen LogP contribution in [0.4, 0.5) is 0 Å². The summed E-state index contributed by atoms with van der Waals surface area (Å²) in [6.45, 7) is 2.62. The number of carbonyl (C=O) groups is 3. The van der Waals surface area contributed by atoms with Crippen molar-refractivity contribution in [3.05, 3.63) is 88.5 Å². The highest BCUT2D eigenvalue weighted by molar-refractivity contribution is 5.94. The number of fused-ring (bicyclic) bond motifs is 2. The Bertz CT molecular complexity index is 1340. The zero-order valence-corrected chi connectivity index (χ0v) is 22.1. The predicted molar refractivity (Wildman–Crippen MR) is 142 cm³/mol. The van der Waals surface area contributed by atoms with Crippen LogP contribution < -0.4 is 5.32 Å². The maximum absolute atomic E-state index is 13.1. The highest BCUT2D eigenvalue weighted by Gasteiger charge is 2.48. The van der Waals surface area contributed by atoms with Gasteiger partial charge in [0.25, 0.3) is 11.8 Å². The van der Waals surface area contributed by atoms with E-state index in [2.05, 4.69) is 19.8 Å². The standard InChI is InChI=1S/C29H33N5O4/c1-32(2)27(36)22-9-7-21(8-10-22)19-33-15-16-34-24(29(33)13-4-14-29)18-30-25(34)26(35)31-17-20-5-11-23(12-6-20)28(37)38-3/h5-12,18H,4,13-17,19H2,1-3H3,(H,31,35). The average Bonchev–Trinajstić information content (AvgIpc) is 3.35. The molecule has 1 aliphatic carbocycles. The number of ether oxygens (including phenoxy) is 1. The third-order valence-corrected chi connectivity index (χ3v) is 7.72. The van der Waals surface area contributed by atoms with Crippen molar-refractivity contribution in [3.8, 4) is 0 Å². The van der Waals surface area contributed by atoms with Crippen LogP contribution in [0.3, 0.4) is 0 Å². The van der Waals surface area contributed by atoms with Gasteiger partial charge in [0, 0.05) is 45.8 Å². The van der Waals surface area contributed by atoms with Crippen LogP contribution in [0, 0.1) is 0 Å². The van der Waals surface area contributed by atoms with Gasteiger partial charge in [0.15, 0.2) is 5.82 Å². The molecule has 198 valence electrons. The van der Waals surface area contributed by atoms with Crippen molar-refractivity contribution in [1.29, 1.82) is 0 Å². The number of benzene rings is 2. The summed E-state index contributed by atoms with van der Waals surface area (Å²) in [5.74, 6) is -0.168. The van der Waals surface area contributed by atoms with E-state index in [1.165, 1.54) is 7.11 Å². The van der Waals surface area contributed by atoms with Crippen LogP contribution >= 0.6 is 0 Å². The number of rotatable bonds is 7. The molecule has 9 heteroatoms. The van der Waals surface area contributed by atoms with Gasteiger partial charge in [0.05, 0.1) is 30.1 Å². The second kappa shape index (κ2) is 10.4. The highest BCUT2D eigenvalue weighted by atomic mass is 16.5. The Morgan fingerprint density at radius 3 is 2.24 bits per heavy atom. The Hall–Kier alpha value is -3.98. The van der Waals surface area contributed by atoms with E-state index < -0.39 is 0 Å². The fourth-order valence-corrected chi connectivity index (χ4v) is 5.44. The first-order valence-electron chi connectivity index (χ1n) is 12.9. The second-order valence-electron chi connectivity index (χ2n) is 10.2. The van der Waals surface area contributed by atoms with E-state index in [1.54, 1.807) is 43.3 Å². The fourth-order valence-electron chi connectivity index (χ4n) is 5.44. The molecule has 0 saturated heterocycles. The largest absolute Gasteiger partial charge is 0.465 e. The summed E-state index contributed by atoms with van der Waals surface area (Å²) < 4.78 is 6.81. The summed E-state index contributed by atoms with van der Waals surface area (Å²) >= 11 is 0. The molecule has 2 aliphatic rings. The molecule has 0 radical (unpaired) electrons. The maximum atomic E-state index is 13.1. The topological polar surface area (TPSA) is 96.8 Å². The Morgan fingerprint density at radius 2 is 1.63 bits per heavy atom. The molecule has 3 aromatic rings. The fraction of sp³-hybridized carbons (Fsp3) is 0.379. The molecule has 1 saturated carbocycles. The van der Waals surface area contributed by atoms with E-state index >= 15 is 0 Å². The van der Waals surface area contributed by atoms with Crippen molar-refractivity contribution < 1.29 is 19.1 Å². The van der Waals surface area contributed by atoms with Crippen LogP contribution in [0.15, 0.2) is 54.7 Å². The lowest BCUT2D eigenvalue weighted by Gasteiger charge is -2.53. The van der Waals surface area contributed by atoms with Gasteiger partial charge in [-0.15, -0.1) is 0 Å². The van der Waals surface area contributed by atoms with E-state index in [0.29, 0.717) is 30.0 Å². The number of methoxy groups -OCH3 is 1. The van der Waals surface area contributed by atoms with Gasteiger partial charge in [-0.2, -0.15) is 0 Å². The number of aromatic nitrogens is 2. The lowest BCUT2D eigenvalue weighted by atomic mass is 9.72. The van der Waals surface area contributed by atoms with Crippen molar-refractivity contribution >= 4 is 17.8 Å². The molecule has 0 atom stereocenters. The molecule has 5 rings (SSSR count). The van der Waals surface area contributed by atoms with E-state index in [0.717, 1.165) is 49.2 Å². The van der Waals surface area contributed by atoms with Crippen LogP contribution in [0.5, 0.6) is 0 Å². The summed E-state index contributed by atoms with van der Waals surface area (Å²) in [6.07, 6.45) is 5.07. The SMILES string of the molecule is COC(=O)c1ccc(CNC(=O)c2ncc3n2CCN(Cc2ccc(C(=O)N(C)C)cc2)C32CCC2)cc1. The Balaban J connectivity index is 1.27. The summed E-state index contributed by atoms with van der Waals surface area (Å²) in [6, 6.07) is 14.8. The van der Waals surface area contributed by atoms with Crippen molar-refractivity contribution in [2.24, 2.45) is 0 Å². The van der Waals surface area contributed by atoms with Gasteiger partial charge >= 0.3 is 5.97 Å². The van der Waals surface area contributed by atoms with Crippen molar-refractivity contribution in [1.82, 2.24) is 24.7 Å². The van der Waals surface area contributed by atoms with Crippen molar-refractivity contribution in [3.63, 3.8) is 0 Å². The third-order valence-electron chi connectivity index (χ3n) is 7.72. The van der Waals surface area contributed by atoms with Crippen molar-refractivity contribution in [2.45, 2.75) is 44.4 Å². The van der Waals surface area contributed by atoms with Crippen LogP contribution in [-0.2, 0) is 29.9 Å². The van der Waals surface area contributed by atoms with E-state index in [-0.39, 0.29) is 23.3 Å². The van der Waals surface area contributed by atoms with E-state index in [4.69, 9.17) is 4.74 Å². The van der Waals surface area contributed by atoms with Gasteiger partial charge in [-0.3, -0.25) is 14.5 Å². The van der Waals surface area contributed by atoms with Gasteiger partial charge in [-0.1, -0.05) is 24.3 Å². The number of nitrogens with zero attached hydrogens (tertiary/aromatic N) is 4. The van der Waals surface area contributed by atoms with E-state index in [9.17, 15) is 14.4 Å². The zero-order valence-electron chi connectivity index (χ0n) is 22.1. The van der Waals surface area contributed by atoms with Gasteiger partial charge in [-0.25, -0.2) is 9.78 Å². The molecule has 0 unspecified atom stereocenters. The molecule has 2 aromatic carbocycles. The maximum Gasteiger partial charge on any atom is 0.337 e. The van der Waals surface area contributed by atoms with Crippen LogP contribution in [0.25, 0.3) is 0 Å². The van der Waals surface area contributed by atoms with E-state index in [1.807, 2.05) is 30.5 Å². The lowest BCUT2D eigenvalue weighted by molar-refractivity contribution is -0.0217. The summed E-state index contributed by atoms with van der Waals surface area (Å²) in [5, 5.41) is 2.97.